The van der Waals surface area contributed by atoms with Gasteiger partial charge in [0.2, 0.25) is 0 Å². The third-order valence-electron chi connectivity index (χ3n) is 4.65. The molecule has 2 aromatic heterocycles. The van der Waals surface area contributed by atoms with Crippen LogP contribution in [0.25, 0.3) is 22.2 Å². The highest BCUT2D eigenvalue weighted by Gasteiger charge is 2.28. The molecule has 1 aliphatic rings. The number of pyridine rings is 1. The van der Waals surface area contributed by atoms with Crippen LogP contribution >= 0.6 is 0 Å². The van der Waals surface area contributed by atoms with E-state index in [-0.39, 0.29) is 5.91 Å². The Bertz CT molecular complexity index is 1140. The summed E-state index contributed by atoms with van der Waals surface area (Å²) in [5.41, 5.74) is 1.95. The zero-order chi connectivity index (χ0) is 18.2. The van der Waals surface area contributed by atoms with Crippen molar-refractivity contribution in [3.8, 4) is 11.4 Å². The summed E-state index contributed by atoms with van der Waals surface area (Å²) in [5, 5.41) is 16.8. The molecule has 27 heavy (non-hydrogen) atoms. The number of nitrogens with zero attached hydrogens (tertiary/aromatic N) is 5. The molecule has 1 N–H and O–H groups in total. The number of carbonyl (C=O) groups excluding carboxylic acids is 1. The first kappa shape index (κ1) is 15.6. The van der Waals surface area contributed by atoms with E-state index in [0.717, 1.165) is 35.0 Å². The van der Waals surface area contributed by atoms with E-state index in [1.54, 1.807) is 6.20 Å². The van der Waals surface area contributed by atoms with Crippen LogP contribution in [0, 0.1) is 0 Å². The largest absolute Gasteiger partial charge is 0.321 e. The second-order valence-electron chi connectivity index (χ2n) is 6.59. The molecule has 0 bridgehead atoms. The summed E-state index contributed by atoms with van der Waals surface area (Å²) in [7, 11) is 0. The Morgan fingerprint density at radius 1 is 1.07 bits per heavy atom. The summed E-state index contributed by atoms with van der Waals surface area (Å²) < 4.78 is 1.85. The lowest BCUT2D eigenvalue weighted by molar-refractivity contribution is 0.102. The molecule has 0 aliphatic heterocycles. The molecule has 0 atom stereocenters. The number of aromatic nitrogens is 5. The molecule has 7 heteroatoms. The van der Waals surface area contributed by atoms with Gasteiger partial charge >= 0.3 is 0 Å². The van der Waals surface area contributed by atoms with Gasteiger partial charge in [0.25, 0.3) is 5.91 Å². The number of rotatable bonds is 4. The van der Waals surface area contributed by atoms with Gasteiger partial charge in [-0.2, -0.15) is 0 Å². The Balaban J connectivity index is 1.45. The lowest BCUT2D eigenvalue weighted by Gasteiger charge is -2.09. The predicted octanol–water partition coefficient (Wildman–Crippen LogP) is 3.48. The first-order valence-electron chi connectivity index (χ1n) is 8.83. The Kier molecular flexibility index (Phi) is 3.64. The highest BCUT2D eigenvalue weighted by atomic mass is 16.1. The normalized spacial score (nSPS) is 13.6. The van der Waals surface area contributed by atoms with E-state index in [1.807, 2.05) is 59.3 Å². The van der Waals surface area contributed by atoms with E-state index in [9.17, 15) is 4.79 Å². The zero-order valence-corrected chi connectivity index (χ0v) is 14.4. The molecule has 5 rings (SSSR count). The summed E-state index contributed by atoms with van der Waals surface area (Å²) in [4.78, 5) is 17.1. The predicted molar refractivity (Wildman–Crippen MR) is 101 cm³/mol. The van der Waals surface area contributed by atoms with Gasteiger partial charge in [-0.1, -0.05) is 36.4 Å². The van der Waals surface area contributed by atoms with Crippen molar-refractivity contribution >= 4 is 22.4 Å². The van der Waals surface area contributed by atoms with Crippen LogP contribution in [0.15, 0.2) is 60.8 Å². The van der Waals surface area contributed by atoms with Gasteiger partial charge in [-0.3, -0.25) is 9.78 Å². The van der Waals surface area contributed by atoms with Crippen molar-refractivity contribution in [2.75, 3.05) is 5.32 Å². The fourth-order valence-electron chi connectivity index (χ4n) is 3.18. The molecule has 0 unspecified atom stereocenters. The molecule has 1 amide bonds. The third kappa shape index (κ3) is 2.93. The van der Waals surface area contributed by atoms with E-state index in [4.69, 9.17) is 0 Å². The first-order valence-corrected chi connectivity index (χ1v) is 8.83. The van der Waals surface area contributed by atoms with E-state index in [1.165, 1.54) is 0 Å². The van der Waals surface area contributed by atoms with Gasteiger partial charge in [0.1, 0.15) is 5.69 Å². The molecule has 132 valence electrons. The quantitative estimate of drug-likeness (QED) is 0.605. The Morgan fingerprint density at radius 3 is 2.85 bits per heavy atom. The fraction of sp³-hybridized carbons (Fsp3) is 0.150. The number of benzene rings is 2. The number of carbonyl (C=O) groups is 1. The van der Waals surface area contributed by atoms with Gasteiger partial charge in [0.05, 0.1) is 6.04 Å². The number of fused-ring (bicyclic) bond motifs is 1. The molecule has 2 heterocycles. The number of amides is 1. The Morgan fingerprint density at radius 2 is 1.96 bits per heavy atom. The van der Waals surface area contributed by atoms with Crippen LogP contribution in [-0.4, -0.2) is 31.1 Å². The van der Waals surface area contributed by atoms with Crippen LogP contribution in [0.1, 0.15) is 29.4 Å². The Hall–Kier alpha value is -3.61. The molecule has 0 saturated heterocycles. The van der Waals surface area contributed by atoms with Crippen LogP contribution in [-0.2, 0) is 0 Å². The minimum Gasteiger partial charge on any atom is -0.321 e. The number of anilines is 1. The fourth-order valence-corrected chi connectivity index (χ4v) is 3.18. The molecule has 1 fully saturated rings. The topological polar surface area (TPSA) is 85.6 Å². The van der Waals surface area contributed by atoms with E-state index in [0.29, 0.717) is 17.4 Å². The van der Waals surface area contributed by atoms with Crippen molar-refractivity contribution in [2.45, 2.75) is 18.9 Å². The second kappa shape index (κ2) is 6.28. The smallest absolute Gasteiger partial charge is 0.274 e. The van der Waals surface area contributed by atoms with E-state index >= 15 is 0 Å². The summed E-state index contributed by atoms with van der Waals surface area (Å²) in [6.45, 7) is 0. The van der Waals surface area contributed by atoms with Gasteiger partial charge in [0.15, 0.2) is 5.82 Å². The van der Waals surface area contributed by atoms with Gasteiger partial charge in [-0.25, -0.2) is 4.68 Å². The minimum absolute atomic E-state index is 0.245. The van der Waals surface area contributed by atoms with E-state index < -0.39 is 0 Å². The number of hydrogen-bond donors (Lipinski definition) is 1. The van der Waals surface area contributed by atoms with Crippen molar-refractivity contribution in [3.05, 3.63) is 66.5 Å². The number of nitrogens with one attached hydrogen (secondary N) is 1. The monoisotopic (exact) mass is 356 g/mol. The maximum Gasteiger partial charge on any atom is 0.274 e. The second-order valence-corrected chi connectivity index (χ2v) is 6.59. The average molecular weight is 356 g/mol. The summed E-state index contributed by atoms with van der Waals surface area (Å²) in [6, 6.07) is 17.5. The molecule has 0 spiro atoms. The average Bonchev–Trinajstić information content (AvgIpc) is 3.44. The van der Waals surface area contributed by atoms with Gasteiger partial charge in [0, 0.05) is 22.8 Å². The molecule has 2 aromatic carbocycles. The molecule has 0 radical (unpaired) electrons. The van der Waals surface area contributed by atoms with Gasteiger partial charge in [-0.15, -0.1) is 5.10 Å². The molecular formula is C20H16N6O. The highest BCUT2D eigenvalue weighted by Crippen LogP contribution is 2.36. The van der Waals surface area contributed by atoms with Crippen LogP contribution in [0.2, 0.25) is 0 Å². The zero-order valence-electron chi connectivity index (χ0n) is 14.4. The molecule has 1 aliphatic carbocycles. The van der Waals surface area contributed by atoms with E-state index in [2.05, 4.69) is 25.8 Å². The van der Waals surface area contributed by atoms with Crippen LogP contribution in [0.3, 0.4) is 0 Å². The van der Waals surface area contributed by atoms with Crippen molar-refractivity contribution in [2.24, 2.45) is 0 Å². The maximum atomic E-state index is 12.8. The first-order chi connectivity index (χ1) is 13.3. The summed E-state index contributed by atoms with van der Waals surface area (Å²) in [6.07, 6.45) is 3.85. The maximum absolute atomic E-state index is 12.8. The third-order valence-corrected chi connectivity index (χ3v) is 4.65. The minimum atomic E-state index is -0.245. The van der Waals surface area contributed by atoms with Gasteiger partial charge < -0.3 is 5.32 Å². The summed E-state index contributed by atoms with van der Waals surface area (Å²) in [5.74, 6) is 0.475. The SMILES string of the molecule is O=C(Nc1cccc(-c2nnnn2C2CC2)c1)c1nccc2ccccc12. The van der Waals surface area contributed by atoms with Crippen LogP contribution in [0.5, 0.6) is 0 Å². The lowest BCUT2D eigenvalue weighted by atomic mass is 10.1. The van der Waals surface area contributed by atoms with Gasteiger partial charge in [-0.05, 0) is 46.9 Å². The number of tetrazole rings is 1. The van der Waals surface area contributed by atoms with Crippen molar-refractivity contribution in [1.82, 2.24) is 25.2 Å². The van der Waals surface area contributed by atoms with Crippen molar-refractivity contribution in [1.29, 1.82) is 0 Å². The number of hydrogen-bond acceptors (Lipinski definition) is 5. The van der Waals surface area contributed by atoms with Crippen LogP contribution < -0.4 is 5.32 Å². The molecule has 4 aromatic rings. The van der Waals surface area contributed by atoms with Crippen molar-refractivity contribution < 1.29 is 4.79 Å². The lowest BCUT2D eigenvalue weighted by Crippen LogP contribution is -2.14. The molecule has 7 nitrogen and oxygen atoms in total. The van der Waals surface area contributed by atoms with Crippen molar-refractivity contribution in [3.63, 3.8) is 0 Å². The summed E-state index contributed by atoms with van der Waals surface area (Å²) >= 11 is 0. The highest BCUT2D eigenvalue weighted by molar-refractivity contribution is 6.11. The molecular weight excluding hydrogens is 340 g/mol. The van der Waals surface area contributed by atoms with Crippen LogP contribution in [0.4, 0.5) is 5.69 Å². The Labute approximate surface area is 155 Å². The standard InChI is InChI=1S/C20H16N6O/c27-20(18-17-7-2-1-4-13(17)10-11-21-18)22-15-6-3-5-14(12-15)19-23-24-25-26(19)16-8-9-16/h1-7,10-12,16H,8-9H2,(H,22,27). The molecule has 1 saturated carbocycles.